The second-order valence-corrected chi connectivity index (χ2v) is 8.66. The molecular formula is C18H24N2O5S. The van der Waals surface area contributed by atoms with E-state index in [0.717, 1.165) is 31.3 Å². The van der Waals surface area contributed by atoms with Crippen molar-refractivity contribution in [3.8, 4) is 11.5 Å². The number of sulfone groups is 1. The molecule has 1 aromatic carbocycles. The first-order valence-corrected chi connectivity index (χ1v) is 10.3. The molecular weight excluding hydrogens is 356 g/mol. The highest BCUT2D eigenvalue weighted by Crippen LogP contribution is 2.30. The van der Waals surface area contributed by atoms with Crippen LogP contribution in [0.4, 0.5) is 0 Å². The standard InChI is InChI=1S/C18H24N2O5S/c1-20-8-5-15(6-9-20)25-16-4-3-13(11-17(16)24-2)18(21)19-14-7-10-26(22,23)12-14/h3-4,7,10-11,14-15H,5-6,8-9,12H2,1-2H3,(H,19,21)/t14-/m1/s1. The van der Waals surface area contributed by atoms with Crippen molar-refractivity contribution in [2.45, 2.75) is 25.0 Å². The summed E-state index contributed by atoms with van der Waals surface area (Å²) in [6.07, 6.45) is 3.52. The van der Waals surface area contributed by atoms with Crippen LogP contribution in [0.25, 0.3) is 0 Å². The first-order valence-electron chi connectivity index (χ1n) is 8.61. The summed E-state index contributed by atoms with van der Waals surface area (Å²) in [5.74, 6) is 0.654. The Morgan fingerprint density at radius 2 is 1.96 bits per heavy atom. The summed E-state index contributed by atoms with van der Waals surface area (Å²) in [4.78, 5) is 14.6. The summed E-state index contributed by atoms with van der Waals surface area (Å²) in [5.41, 5.74) is 0.398. The van der Waals surface area contributed by atoms with Crippen molar-refractivity contribution in [3.05, 3.63) is 35.2 Å². The van der Waals surface area contributed by atoms with Gasteiger partial charge in [0.05, 0.1) is 18.9 Å². The van der Waals surface area contributed by atoms with Crippen LogP contribution in [-0.4, -0.2) is 64.4 Å². The van der Waals surface area contributed by atoms with E-state index >= 15 is 0 Å². The average molecular weight is 380 g/mol. The molecule has 1 saturated heterocycles. The molecule has 8 heteroatoms. The number of hydrogen-bond donors (Lipinski definition) is 1. The van der Waals surface area contributed by atoms with Crippen LogP contribution in [0, 0.1) is 0 Å². The number of methoxy groups -OCH3 is 1. The normalized spacial score (nSPS) is 22.9. The van der Waals surface area contributed by atoms with Crippen molar-refractivity contribution in [1.82, 2.24) is 10.2 Å². The van der Waals surface area contributed by atoms with Gasteiger partial charge in [-0.05, 0) is 44.2 Å². The summed E-state index contributed by atoms with van der Waals surface area (Å²) < 4.78 is 34.3. The van der Waals surface area contributed by atoms with E-state index < -0.39 is 15.9 Å². The van der Waals surface area contributed by atoms with Gasteiger partial charge < -0.3 is 19.7 Å². The predicted molar refractivity (Wildman–Crippen MR) is 98.3 cm³/mol. The topological polar surface area (TPSA) is 84.9 Å². The molecule has 0 aromatic heterocycles. The molecule has 1 N–H and O–H groups in total. The third-order valence-electron chi connectivity index (χ3n) is 4.63. The van der Waals surface area contributed by atoms with Gasteiger partial charge in [-0.2, -0.15) is 0 Å². The van der Waals surface area contributed by atoms with Gasteiger partial charge in [0.2, 0.25) is 0 Å². The minimum atomic E-state index is -3.21. The third kappa shape index (κ3) is 4.56. The van der Waals surface area contributed by atoms with Crippen LogP contribution in [0.5, 0.6) is 11.5 Å². The molecule has 26 heavy (non-hydrogen) atoms. The molecule has 1 aromatic rings. The molecule has 3 rings (SSSR count). The lowest BCUT2D eigenvalue weighted by Crippen LogP contribution is -2.36. The maximum atomic E-state index is 12.4. The summed E-state index contributed by atoms with van der Waals surface area (Å²) in [7, 11) is 0.418. The Morgan fingerprint density at radius 3 is 2.58 bits per heavy atom. The van der Waals surface area contributed by atoms with Gasteiger partial charge in [0, 0.05) is 24.1 Å². The number of benzene rings is 1. The first-order chi connectivity index (χ1) is 12.4. The zero-order valence-corrected chi connectivity index (χ0v) is 15.8. The highest BCUT2D eigenvalue weighted by atomic mass is 32.2. The van der Waals surface area contributed by atoms with Gasteiger partial charge in [-0.25, -0.2) is 8.42 Å². The largest absolute Gasteiger partial charge is 0.493 e. The molecule has 1 atom stereocenters. The number of likely N-dealkylation sites (tertiary alicyclic amines) is 1. The molecule has 0 aliphatic carbocycles. The molecule has 0 saturated carbocycles. The Labute approximate surface area is 153 Å². The van der Waals surface area contributed by atoms with Crippen molar-refractivity contribution in [2.75, 3.05) is 33.0 Å². The molecule has 142 valence electrons. The maximum Gasteiger partial charge on any atom is 0.251 e. The SMILES string of the molecule is COc1cc(C(=O)N[C@@H]2C=CS(=O)(=O)C2)ccc1OC1CCN(C)CC1. The second kappa shape index (κ2) is 7.67. The summed E-state index contributed by atoms with van der Waals surface area (Å²) in [5, 5.41) is 3.84. The number of ether oxygens (including phenoxy) is 2. The van der Waals surface area contributed by atoms with Gasteiger partial charge in [-0.3, -0.25) is 4.79 Å². The van der Waals surface area contributed by atoms with Crippen molar-refractivity contribution in [2.24, 2.45) is 0 Å². The van der Waals surface area contributed by atoms with Crippen LogP contribution in [0.1, 0.15) is 23.2 Å². The molecule has 1 fully saturated rings. The zero-order valence-electron chi connectivity index (χ0n) is 15.0. The monoisotopic (exact) mass is 380 g/mol. The molecule has 2 aliphatic rings. The van der Waals surface area contributed by atoms with Gasteiger partial charge in [-0.1, -0.05) is 0 Å². The molecule has 2 heterocycles. The van der Waals surface area contributed by atoms with Crippen LogP contribution in [-0.2, 0) is 9.84 Å². The second-order valence-electron chi connectivity index (χ2n) is 6.72. The van der Waals surface area contributed by atoms with Crippen molar-refractivity contribution in [3.63, 3.8) is 0 Å². The average Bonchev–Trinajstić information content (AvgIpc) is 2.95. The first kappa shape index (κ1) is 18.7. The molecule has 1 amide bonds. The van der Waals surface area contributed by atoms with Gasteiger partial charge in [0.1, 0.15) is 6.10 Å². The number of carbonyl (C=O) groups is 1. The summed E-state index contributed by atoms with van der Waals surface area (Å²) in [6, 6.07) is 4.50. The van der Waals surface area contributed by atoms with Crippen molar-refractivity contribution in [1.29, 1.82) is 0 Å². The van der Waals surface area contributed by atoms with E-state index in [2.05, 4.69) is 17.3 Å². The fraction of sp³-hybridized carbons (Fsp3) is 0.500. The van der Waals surface area contributed by atoms with Crippen molar-refractivity contribution < 1.29 is 22.7 Å². The lowest BCUT2D eigenvalue weighted by molar-refractivity contribution is 0.0946. The predicted octanol–water partition coefficient (Wildman–Crippen LogP) is 1.21. The minimum Gasteiger partial charge on any atom is -0.493 e. The van der Waals surface area contributed by atoms with E-state index in [-0.39, 0.29) is 17.8 Å². The maximum absolute atomic E-state index is 12.4. The van der Waals surface area contributed by atoms with Crippen LogP contribution >= 0.6 is 0 Å². The third-order valence-corrected chi connectivity index (χ3v) is 6.03. The summed E-state index contributed by atoms with van der Waals surface area (Å²) >= 11 is 0. The van der Waals surface area contributed by atoms with E-state index in [1.807, 2.05) is 0 Å². The summed E-state index contributed by atoms with van der Waals surface area (Å²) in [6.45, 7) is 1.98. The van der Waals surface area contributed by atoms with E-state index in [9.17, 15) is 13.2 Å². The number of hydrogen-bond acceptors (Lipinski definition) is 6. The number of piperidine rings is 1. The van der Waals surface area contributed by atoms with Gasteiger partial charge in [-0.15, -0.1) is 0 Å². The highest BCUT2D eigenvalue weighted by molar-refractivity contribution is 7.94. The minimum absolute atomic E-state index is 0.104. The van der Waals surface area contributed by atoms with Crippen LogP contribution in [0.3, 0.4) is 0 Å². The van der Waals surface area contributed by atoms with Gasteiger partial charge in [0.25, 0.3) is 5.91 Å². The lowest BCUT2D eigenvalue weighted by Gasteiger charge is -2.29. The lowest BCUT2D eigenvalue weighted by atomic mass is 10.1. The van der Waals surface area contributed by atoms with Crippen LogP contribution in [0.15, 0.2) is 29.7 Å². The quantitative estimate of drug-likeness (QED) is 0.827. The number of amides is 1. The number of nitrogens with zero attached hydrogens (tertiary/aromatic N) is 1. The smallest absolute Gasteiger partial charge is 0.251 e. The highest BCUT2D eigenvalue weighted by Gasteiger charge is 2.24. The van der Waals surface area contributed by atoms with Crippen LogP contribution in [0.2, 0.25) is 0 Å². The fourth-order valence-electron chi connectivity index (χ4n) is 3.11. The molecule has 0 spiro atoms. The number of nitrogens with one attached hydrogen (secondary N) is 1. The Hall–Kier alpha value is -2.06. The molecule has 2 aliphatic heterocycles. The number of carbonyl (C=O) groups excluding carboxylic acids is 1. The Morgan fingerprint density at radius 1 is 1.23 bits per heavy atom. The van der Waals surface area contributed by atoms with E-state index in [1.54, 1.807) is 18.2 Å². The van der Waals surface area contributed by atoms with Crippen LogP contribution < -0.4 is 14.8 Å². The molecule has 0 radical (unpaired) electrons. The van der Waals surface area contributed by atoms with E-state index in [0.29, 0.717) is 17.1 Å². The molecule has 0 bridgehead atoms. The Bertz CT molecular complexity index is 798. The van der Waals surface area contributed by atoms with Gasteiger partial charge in [0.15, 0.2) is 21.3 Å². The van der Waals surface area contributed by atoms with Gasteiger partial charge >= 0.3 is 0 Å². The van der Waals surface area contributed by atoms with E-state index in [1.165, 1.54) is 13.2 Å². The zero-order chi connectivity index (χ0) is 18.7. The van der Waals surface area contributed by atoms with Crippen molar-refractivity contribution >= 4 is 15.7 Å². The fourth-order valence-corrected chi connectivity index (χ4v) is 4.34. The van der Waals surface area contributed by atoms with E-state index in [4.69, 9.17) is 9.47 Å². The molecule has 0 unspecified atom stereocenters. The Balaban J connectivity index is 1.66. The molecule has 7 nitrogen and oxygen atoms in total. The number of rotatable bonds is 5. The Kier molecular flexibility index (Phi) is 5.52.